The summed E-state index contributed by atoms with van der Waals surface area (Å²) in [6.45, 7) is 6.55. The lowest BCUT2D eigenvalue weighted by atomic mass is 9.81. The van der Waals surface area contributed by atoms with E-state index in [1.165, 1.54) is 10.9 Å². The van der Waals surface area contributed by atoms with Crippen LogP contribution in [0.2, 0.25) is 0 Å². The van der Waals surface area contributed by atoms with Crippen LogP contribution in [0.1, 0.15) is 26.3 Å². The molecule has 5 atom stereocenters. The summed E-state index contributed by atoms with van der Waals surface area (Å²) in [5, 5.41) is 1.21. The third kappa shape index (κ3) is 2.68. The maximum atomic E-state index is 6.54. The molecule has 2 aromatic rings. The van der Waals surface area contributed by atoms with Crippen molar-refractivity contribution >= 4 is 10.9 Å². The quantitative estimate of drug-likeness (QED) is 0.941. The Morgan fingerprint density at radius 2 is 1.90 bits per heavy atom. The van der Waals surface area contributed by atoms with Gasteiger partial charge in [-0.2, -0.15) is 0 Å². The normalized spacial score (nSPS) is 30.7. The van der Waals surface area contributed by atoms with E-state index >= 15 is 0 Å². The lowest BCUT2D eigenvalue weighted by Crippen LogP contribution is -2.39. The van der Waals surface area contributed by atoms with Crippen LogP contribution in [0.5, 0.6) is 0 Å². The molecule has 1 fully saturated rings. The van der Waals surface area contributed by atoms with Crippen LogP contribution >= 0.6 is 0 Å². The molecule has 0 saturated carbocycles. The van der Waals surface area contributed by atoms with Crippen LogP contribution in [-0.2, 0) is 11.2 Å². The number of nitrogens with two attached hydrogens (primary N) is 1. The van der Waals surface area contributed by atoms with E-state index in [2.05, 4.69) is 50.0 Å². The van der Waals surface area contributed by atoms with Gasteiger partial charge in [-0.1, -0.05) is 25.1 Å². The van der Waals surface area contributed by atoms with E-state index in [1.807, 2.05) is 12.3 Å². The minimum atomic E-state index is 0.116. The van der Waals surface area contributed by atoms with Crippen molar-refractivity contribution in [2.75, 3.05) is 0 Å². The fourth-order valence-corrected chi connectivity index (χ4v) is 3.75. The Hall–Kier alpha value is -1.45. The van der Waals surface area contributed by atoms with Gasteiger partial charge in [-0.25, -0.2) is 0 Å². The van der Waals surface area contributed by atoms with Gasteiger partial charge in [0.2, 0.25) is 0 Å². The number of benzene rings is 1. The van der Waals surface area contributed by atoms with E-state index in [4.69, 9.17) is 10.5 Å². The second-order valence-electron chi connectivity index (χ2n) is 6.34. The number of pyridine rings is 1. The third-order valence-corrected chi connectivity index (χ3v) is 5.01. The molecule has 5 unspecified atom stereocenters. The van der Waals surface area contributed by atoms with Crippen molar-refractivity contribution in [2.24, 2.45) is 17.6 Å². The Balaban J connectivity index is 1.85. The first-order valence-electron chi connectivity index (χ1n) is 7.81. The molecule has 2 heterocycles. The van der Waals surface area contributed by atoms with Gasteiger partial charge in [0.1, 0.15) is 0 Å². The van der Waals surface area contributed by atoms with Gasteiger partial charge in [0.15, 0.2) is 0 Å². The molecule has 0 amide bonds. The van der Waals surface area contributed by atoms with E-state index in [0.717, 1.165) is 11.9 Å². The first-order chi connectivity index (χ1) is 10.1. The predicted octanol–water partition coefficient (Wildman–Crippen LogP) is 3.16. The first kappa shape index (κ1) is 14.5. The number of hydrogen-bond acceptors (Lipinski definition) is 3. The summed E-state index contributed by atoms with van der Waals surface area (Å²) < 4.78 is 5.94. The van der Waals surface area contributed by atoms with Gasteiger partial charge >= 0.3 is 0 Å². The Kier molecular flexibility index (Phi) is 3.96. The molecule has 1 aliphatic heterocycles. The van der Waals surface area contributed by atoms with Crippen LogP contribution in [0, 0.1) is 11.8 Å². The summed E-state index contributed by atoms with van der Waals surface area (Å²) in [6, 6.07) is 10.5. The number of ether oxygens (including phenoxy) is 1. The predicted molar refractivity (Wildman–Crippen MR) is 86.1 cm³/mol. The second kappa shape index (κ2) is 5.74. The molecule has 0 radical (unpaired) electrons. The van der Waals surface area contributed by atoms with Crippen LogP contribution in [0.4, 0.5) is 0 Å². The summed E-state index contributed by atoms with van der Waals surface area (Å²) in [6.07, 6.45) is 3.28. The van der Waals surface area contributed by atoms with Gasteiger partial charge in [0, 0.05) is 23.5 Å². The smallest absolute Gasteiger partial charge is 0.0704 e. The van der Waals surface area contributed by atoms with E-state index < -0.39 is 0 Å². The minimum Gasteiger partial charge on any atom is -0.375 e. The van der Waals surface area contributed by atoms with Crippen LogP contribution in [0.15, 0.2) is 36.5 Å². The Labute approximate surface area is 126 Å². The minimum absolute atomic E-state index is 0.116. The molecule has 2 N–H and O–H groups in total. The fraction of sp³-hybridized carbons (Fsp3) is 0.500. The Bertz CT molecular complexity index is 622. The number of nitrogens with zero attached hydrogens (tertiary/aromatic N) is 1. The highest BCUT2D eigenvalue weighted by Gasteiger charge is 2.40. The molecule has 1 aliphatic rings. The van der Waals surface area contributed by atoms with Crippen LogP contribution in [0.25, 0.3) is 10.9 Å². The zero-order valence-corrected chi connectivity index (χ0v) is 13.0. The van der Waals surface area contributed by atoms with Crippen molar-refractivity contribution < 1.29 is 4.74 Å². The average molecular weight is 284 g/mol. The van der Waals surface area contributed by atoms with Crippen molar-refractivity contribution in [1.29, 1.82) is 0 Å². The van der Waals surface area contributed by atoms with E-state index in [9.17, 15) is 0 Å². The zero-order chi connectivity index (χ0) is 15.0. The molecule has 3 heteroatoms. The first-order valence-corrected chi connectivity index (χ1v) is 7.81. The zero-order valence-electron chi connectivity index (χ0n) is 13.0. The van der Waals surface area contributed by atoms with E-state index in [0.29, 0.717) is 17.9 Å². The molecule has 21 heavy (non-hydrogen) atoms. The standard InChI is InChI=1S/C18H24N2O/c1-11-12(2)21-13(3)18(11)16(19)10-14-8-9-20-17-7-5-4-6-15(14)17/h4-9,11-13,16,18H,10,19H2,1-3H3. The van der Waals surface area contributed by atoms with Gasteiger partial charge in [-0.15, -0.1) is 0 Å². The highest BCUT2D eigenvalue weighted by Crippen LogP contribution is 2.35. The fourth-order valence-electron chi connectivity index (χ4n) is 3.75. The molecule has 1 aromatic heterocycles. The number of aromatic nitrogens is 1. The average Bonchev–Trinajstić information content (AvgIpc) is 2.72. The largest absolute Gasteiger partial charge is 0.375 e. The lowest BCUT2D eigenvalue weighted by molar-refractivity contribution is 0.0490. The molecular weight excluding hydrogens is 260 g/mol. The molecule has 3 rings (SSSR count). The molecule has 0 aliphatic carbocycles. The van der Waals surface area contributed by atoms with Crippen molar-refractivity contribution in [2.45, 2.75) is 45.4 Å². The second-order valence-corrected chi connectivity index (χ2v) is 6.34. The van der Waals surface area contributed by atoms with Gasteiger partial charge in [0.05, 0.1) is 17.7 Å². The van der Waals surface area contributed by atoms with Gasteiger partial charge in [0.25, 0.3) is 0 Å². The molecule has 0 bridgehead atoms. The maximum absolute atomic E-state index is 6.54. The molecule has 0 spiro atoms. The third-order valence-electron chi connectivity index (χ3n) is 5.01. The summed E-state index contributed by atoms with van der Waals surface area (Å²) in [4.78, 5) is 4.42. The Morgan fingerprint density at radius 1 is 1.14 bits per heavy atom. The summed E-state index contributed by atoms with van der Waals surface area (Å²) in [5.74, 6) is 0.912. The van der Waals surface area contributed by atoms with Gasteiger partial charge < -0.3 is 10.5 Å². The number of rotatable bonds is 3. The highest BCUT2D eigenvalue weighted by molar-refractivity contribution is 5.81. The topological polar surface area (TPSA) is 48.1 Å². The summed E-state index contributed by atoms with van der Waals surface area (Å²) in [5.41, 5.74) is 8.87. The summed E-state index contributed by atoms with van der Waals surface area (Å²) >= 11 is 0. The van der Waals surface area contributed by atoms with Crippen molar-refractivity contribution in [1.82, 2.24) is 4.98 Å². The van der Waals surface area contributed by atoms with Crippen molar-refractivity contribution in [3.63, 3.8) is 0 Å². The number of hydrogen-bond donors (Lipinski definition) is 1. The molecule has 3 nitrogen and oxygen atoms in total. The Morgan fingerprint density at radius 3 is 2.62 bits per heavy atom. The van der Waals surface area contributed by atoms with Gasteiger partial charge in [-0.3, -0.25) is 4.98 Å². The maximum Gasteiger partial charge on any atom is 0.0704 e. The summed E-state index contributed by atoms with van der Waals surface area (Å²) in [7, 11) is 0. The van der Waals surface area contributed by atoms with Crippen LogP contribution in [0.3, 0.4) is 0 Å². The van der Waals surface area contributed by atoms with Crippen molar-refractivity contribution in [3.8, 4) is 0 Å². The monoisotopic (exact) mass is 284 g/mol. The van der Waals surface area contributed by atoms with Gasteiger partial charge in [-0.05, 0) is 43.9 Å². The van der Waals surface area contributed by atoms with Crippen LogP contribution < -0.4 is 5.73 Å². The highest BCUT2D eigenvalue weighted by atomic mass is 16.5. The molecule has 1 aromatic carbocycles. The van der Waals surface area contributed by atoms with E-state index in [1.54, 1.807) is 0 Å². The molecular formula is C18H24N2O. The number of fused-ring (bicyclic) bond motifs is 1. The molecule has 1 saturated heterocycles. The number of para-hydroxylation sites is 1. The lowest BCUT2D eigenvalue weighted by Gasteiger charge is -2.26. The van der Waals surface area contributed by atoms with Crippen LogP contribution in [-0.4, -0.2) is 23.2 Å². The SMILES string of the molecule is CC1OC(C)C(C(N)Cc2ccnc3ccccc23)C1C. The van der Waals surface area contributed by atoms with E-state index in [-0.39, 0.29) is 12.1 Å². The van der Waals surface area contributed by atoms with Crippen molar-refractivity contribution in [3.05, 3.63) is 42.1 Å². The molecule has 112 valence electrons.